The molecule has 0 fully saturated rings. The molecule has 1 aromatic heterocycles. The van der Waals surface area contributed by atoms with E-state index in [1.54, 1.807) is 6.26 Å². The van der Waals surface area contributed by atoms with E-state index in [1.165, 1.54) is 11.3 Å². The molecule has 2 amide bonds. The molecule has 2 aromatic carbocycles. The minimum Gasteiger partial charge on any atom is -0.467 e. The summed E-state index contributed by atoms with van der Waals surface area (Å²) in [6, 6.07) is 21.4. The van der Waals surface area contributed by atoms with Crippen LogP contribution in [0.25, 0.3) is 0 Å². The molecular weight excluding hydrogens is 326 g/mol. The van der Waals surface area contributed by atoms with Gasteiger partial charge in [-0.2, -0.15) is 0 Å². The molecule has 132 valence electrons. The number of nitrogens with zero attached hydrogens (tertiary/aromatic N) is 1. The lowest BCUT2D eigenvalue weighted by Gasteiger charge is -2.29. The molecule has 4 rings (SSSR count). The predicted octanol–water partition coefficient (Wildman–Crippen LogP) is 4.21. The van der Waals surface area contributed by atoms with E-state index < -0.39 is 0 Å². The van der Waals surface area contributed by atoms with E-state index in [9.17, 15) is 4.79 Å². The Morgan fingerprint density at radius 3 is 2.65 bits per heavy atom. The number of amides is 2. The largest absolute Gasteiger partial charge is 0.467 e. The molecule has 0 unspecified atom stereocenters. The Morgan fingerprint density at radius 1 is 1.04 bits per heavy atom. The van der Waals surface area contributed by atoms with Crippen molar-refractivity contribution >= 4 is 17.4 Å². The molecule has 0 bridgehead atoms. The van der Waals surface area contributed by atoms with Gasteiger partial charge in [0.25, 0.3) is 0 Å². The van der Waals surface area contributed by atoms with Crippen molar-refractivity contribution in [1.82, 2.24) is 5.32 Å². The van der Waals surface area contributed by atoms with Crippen LogP contribution in [0.15, 0.2) is 77.4 Å². The highest BCUT2D eigenvalue weighted by atomic mass is 16.3. The topological polar surface area (TPSA) is 57.5 Å². The first-order valence-corrected chi connectivity index (χ1v) is 8.79. The standard InChI is InChI=1S/C21H21N3O2/c25-21(23-17-8-2-1-3-9-17)22-15-19(20-11-6-14-26-20)24-13-12-16-7-4-5-10-18(16)24/h1-11,14,19H,12-13,15H2,(H2,22,23,25)/t19-/m1/s1. The molecule has 1 atom stereocenters. The number of urea groups is 1. The summed E-state index contributed by atoms with van der Waals surface area (Å²) < 4.78 is 5.66. The maximum Gasteiger partial charge on any atom is 0.319 e. The number of carbonyl (C=O) groups is 1. The molecule has 1 aliphatic rings. The number of anilines is 2. The second-order valence-corrected chi connectivity index (χ2v) is 6.30. The van der Waals surface area contributed by atoms with Crippen LogP contribution in [0.2, 0.25) is 0 Å². The lowest BCUT2D eigenvalue weighted by atomic mass is 10.1. The summed E-state index contributed by atoms with van der Waals surface area (Å²) in [6.07, 6.45) is 2.68. The molecular formula is C21H21N3O2. The number of furan rings is 1. The minimum absolute atomic E-state index is 0.0461. The molecule has 5 nitrogen and oxygen atoms in total. The van der Waals surface area contributed by atoms with Gasteiger partial charge in [0.05, 0.1) is 6.26 Å². The second kappa shape index (κ2) is 7.35. The quantitative estimate of drug-likeness (QED) is 0.727. The Bertz CT molecular complexity index is 862. The van der Waals surface area contributed by atoms with Crippen molar-refractivity contribution in [3.63, 3.8) is 0 Å². The van der Waals surface area contributed by atoms with Crippen molar-refractivity contribution in [2.24, 2.45) is 0 Å². The van der Waals surface area contributed by atoms with Gasteiger partial charge in [-0.15, -0.1) is 0 Å². The van der Waals surface area contributed by atoms with Crippen molar-refractivity contribution < 1.29 is 9.21 Å². The summed E-state index contributed by atoms with van der Waals surface area (Å²) in [5.74, 6) is 0.849. The van der Waals surface area contributed by atoms with Gasteiger partial charge in [-0.25, -0.2) is 4.79 Å². The molecule has 0 spiro atoms. The number of rotatable bonds is 5. The van der Waals surface area contributed by atoms with Crippen LogP contribution in [0.4, 0.5) is 16.2 Å². The Morgan fingerprint density at radius 2 is 1.85 bits per heavy atom. The molecule has 0 saturated heterocycles. The van der Waals surface area contributed by atoms with Crippen molar-refractivity contribution in [3.05, 3.63) is 84.3 Å². The third kappa shape index (κ3) is 3.42. The Labute approximate surface area is 152 Å². The highest BCUT2D eigenvalue weighted by molar-refractivity contribution is 5.89. The fourth-order valence-corrected chi connectivity index (χ4v) is 3.42. The zero-order chi connectivity index (χ0) is 17.8. The van der Waals surface area contributed by atoms with E-state index in [-0.39, 0.29) is 12.1 Å². The van der Waals surface area contributed by atoms with Crippen LogP contribution in [0.1, 0.15) is 17.4 Å². The van der Waals surface area contributed by atoms with Crippen molar-refractivity contribution in [3.8, 4) is 0 Å². The number of benzene rings is 2. The highest BCUT2D eigenvalue weighted by Crippen LogP contribution is 2.34. The van der Waals surface area contributed by atoms with Crippen LogP contribution >= 0.6 is 0 Å². The summed E-state index contributed by atoms with van der Waals surface area (Å²) in [4.78, 5) is 14.6. The van der Waals surface area contributed by atoms with E-state index in [4.69, 9.17) is 4.42 Å². The normalized spacial score (nSPS) is 13.9. The third-order valence-corrected chi connectivity index (χ3v) is 4.66. The summed E-state index contributed by atoms with van der Waals surface area (Å²) in [6.45, 7) is 1.37. The number of hydrogen-bond acceptors (Lipinski definition) is 3. The van der Waals surface area contributed by atoms with E-state index >= 15 is 0 Å². The number of fused-ring (bicyclic) bond motifs is 1. The first kappa shape index (κ1) is 16.3. The molecule has 2 N–H and O–H groups in total. The van der Waals surface area contributed by atoms with Gasteiger partial charge in [0.15, 0.2) is 0 Å². The average Bonchev–Trinajstić information content (AvgIpc) is 3.34. The first-order chi connectivity index (χ1) is 12.8. The van der Waals surface area contributed by atoms with Gasteiger partial charge in [-0.3, -0.25) is 0 Å². The van der Waals surface area contributed by atoms with Gasteiger partial charge in [0.2, 0.25) is 0 Å². The lowest BCUT2D eigenvalue weighted by molar-refractivity contribution is 0.251. The third-order valence-electron chi connectivity index (χ3n) is 4.66. The van der Waals surface area contributed by atoms with Gasteiger partial charge in [0, 0.05) is 24.5 Å². The summed E-state index contributed by atoms with van der Waals surface area (Å²) in [5.41, 5.74) is 3.31. The van der Waals surface area contributed by atoms with Crippen LogP contribution in [0, 0.1) is 0 Å². The van der Waals surface area contributed by atoms with Crippen LogP contribution in [-0.2, 0) is 6.42 Å². The molecule has 2 heterocycles. The smallest absolute Gasteiger partial charge is 0.319 e. The molecule has 0 saturated carbocycles. The first-order valence-electron chi connectivity index (χ1n) is 8.79. The van der Waals surface area contributed by atoms with Crippen LogP contribution in [0.5, 0.6) is 0 Å². The maximum absolute atomic E-state index is 12.3. The Kier molecular flexibility index (Phi) is 4.60. The van der Waals surface area contributed by atoms with Gasteiger partial charge < -0.3 is 20.0 Å². The maximum atomic E-state index is 12.3. The number of carbonyl (C=O) groups excluding carboxylic acids is 1. The van der Waals surface area contributed by atoms with E-state index in [2.05, 4.69) is 33.7 Å². The Balaban J connectivity index is 1.48. The van der Waals surface area contributed by atoms with Crippen LogP contribution < -0.4 is 15.5 Å². The second-order valence-electron chi connectivity index (χ2n) is 6.30. The van der Waals surface area contributed by atoms with E-state index in [1.807, 2.05) is 48.5 Å². The van der Waals surface area contributed by atoms with Crippen LogP contribution in [-0.4, -0.2) is 19.1 Å². The van der Waals surface area contributed by atoms with Gasteiger partial charge >= 0.3 is 6.03 Å². The molecule has 5 heteroatoms. The van der Waals surface area contributed by atoms with Crippen molar-refractivity contribution in [1.29, 1.82) is 0 Å². The van der Waals surface area contributed by atoms with Gasteiger partial charge in [-0.1, -0.05) is 36.4 Å². The fraction of sp³-hybridized carbons (Fsp3) is 0.190. The van der Waals surface area contributed by atoms with E-state index in [0.717, 1.165) is 24.4 Å². The predicted molar refractivity (Wildman–Crippen MR) is 102 cm³/mol. The Hall–Kier alpha value is -3.21. The molecule has 26 heavy (non-hydrogen) atoms. The lowest BCUT2D eigenvalue weighted by Crippen LogP contribution is -2.39. The number of hydrogen-bond donors (Lipinski definition) is 2. The van der Waals surface area contributed by atoms with Crippen molar-refractivity contribution in [2.75, 3.05) is 23.3 Å². The molecule has 0 aliphatic carbocycles. The zero-order valence-corrected chi connectivity index (χ0v) is 14.4. The summed E-state index contributed by atoms with van der Waals surface area (Å²) >= 11 is 0. The highest BCUT2D eigenvalue weighted by Gasteiger charge is 2.29. The monoisotopic (exact) mass is 347 g/mol. The molecule has 3 aromatic rings. The molecule has 0 radical (unpaired) electrons. The van der Waals surface area contributed by atoms with E-state index in [0.29, 0.717) is 6.54 Å². The number of para-hydroxylation sites is 2. The average molecular weight is 347 g/mol. The zero-order valence-electron chi connectivity index (χ0n) is 14.4. The van der Waals surface area contributed by atoms with Gasteiger partial charge in [0.1, 0.15) is 11.8 Å². The SMILES string of the molecule is O=C(NC[C@H](c1ccco1)N1CCc2ccccc21)Nc1ccccc1. The summed E-state index contributed by atoms with van der Waals surface area (Å²) in [7, 11) is 0. The van der Waals surface area contributed by atoms with Crippen molar-refractivity contribution in [2.45, 2.75) is 12.5 Å². The minimum atomic E-state index is -0.222. The summed E-state index contributed by atoms with van der Waals surface area (Å²) in [5, 5.41) is 5.83. The number of nitrogens with one attached hydrogen (secondary N) is 2. The molecule has 1 aliphatic heterocycles. The van der Waals surface area contributed by atoms with Crippen LogP contribution in [0.3, 0.4) is 0 Å². The fourth-order valence-electron chi connectivity index (χ4n) is 3.42. The van der Waals surface area contributed by atoms with Gasteiger partial charge in [-0.05, 0) is 42.3 Å².